The number of aliphatic hydroxyl groups is 3. The van der Waals surface area contributed by atoms with Crippen LogP contribution in [0.25, 0.3) is 0 Å². The number of carboxylic acids is 1. The number of primary amides is 1. The van der Waals surface area contributed by atoms with Gasteiger partial charge in [0, 0.05) is 19.5 Å². The maximum atomic E-state index is 14.2. The molecule has 2 fully saturated rings. The van der Waals surface area contributed by atoms with Crippen molar-refractivity contribution in [3.63, 3.8) is 0 Å². The maximum Gasteiger partial charge on any atom is 0.326 e. The number of hydrogen-bond donors (Lipinski definition) is 14. The van der Waals surface area contributed by atoms with Gasteiger partial charge in [0.05, 0.1) is 30.9 Å². The highest BCUT2D eigenvalue weighted by Crippen LogP contribution is 2.22. The van der Waals surface area contributed by atoms with Gasteiger partial charge in [0.1, 0.15) is 54.4 Å². The van der Waals surface area contributed by atoms with E-state index in [1.54, 1.807) is 41.5 Å². The van der Waals surface area contributed by atoms with Crippen molar-refractivity contribution in [1.82, 2.24) is 52.3 Å². The van der Waals surface area contributed by atoms with E-state index >= 15 is 0 Å². The van der Waals surface area contributed by atoms with E-state index < -0.39 is 168 Å². The summed E-state index contributed by atoms with van der Waals surface area (Å²) in [6, 6.07) is -13.8. The fraction of sp³-hybridized carbons (Fsp3) is 0.755. The molecule has 0 bridgehead atoms. The summed E-state index contributed by atoms with van der Waals surface area (Å²) in [5, 5.41) is 61.3. The zero-order valence-electron chi connectivity index (χ0n) is 45.8. The average molecular weight is 1100 g/mol. The Morgan fingerprint density at radius 3 is 1.52 bits per heavy atom. The van der Waals surface area contributed by atoms with Crippen LogP contribution in [0.4, 0.5) is 0 Å². The zero-order valence-corrected chi connectivity index (χ0v) is 45.8. The van der Waals surface area contributed by atoms with Crippen LogP contribution >= 0.6 is 0 Å². The maximum absolute atomic E-state index is 14.2. The minimum Gasteiger partial charge on any atom is -0.480 e. The van der Waals surface area contributed by atoms with Gasteiger partial charge in [-0.15, -0.1) is 0 Å². The summed E-state index contributed by atoms with van der Waals surface area (Å²) >= 11 is 0. The van der Waals surface area contributed by atoms with Crippen molar-refractivity contribution >= 4 is 70.9 Å². The fourth-order valence-electron chi connectivity index (χ4n) is 8.72. The van der Waals surface area contributed by atoms with Crippen molar-refractivity contribution in [1.29, 1.82) is 0 Å². The highest BCUT2D eigenvalue weighted by atomic mass is 16.4. The summed E-state index contributed by atoms with van der Waals surface area (Å²) < 4.78 is 0. The molecule has 2 aliphatic rings. The SMILES string of the molecule is CC[C@H](C)[C@H](NC(=O)CNC(=O)[C@@H](N)CCC(N)=O)C(=O)N[C@@H](CC(C)C)C(=O)N[C@H](C(=O)N[C@H](C(=O)N[C@H](C(=O)N1CCC[C@H]1C(=O)N[C@H](C(=O)N[C@@H](C)C(=O)N1CCC[C@H]1C(=O)O)[C@@H](C)O)C(C)C)[C@@H](C)O)[C@@H](C)O. The molecular formula is C49H84N12O16. The fourth-order valence-corrected chi connectivity index (χ4v) is 8.72. The molecular weight excluding hydrogens is 1010 g/mol. The van der Waals surface area contributed by atoms with Crippen molar-refractivity contribution in [2.24, 2.45) is 29.2 Å². The largest absolute Gasteiger partial charge is 0.480 e. The smallest absolute Gasteiger partial charge is 0.326 e. The van der Waals surface area contributed by atoms with Gasteiger partial charge in [0.15, 0.2) is 0 Å². The van der Waals surface area contributed by atoms with Crippen LogP contribution in [0, 0.1) is 17.8 Å². The number of carbonyl (C=O) groups is 12. The normalized spacial score (nSPS) is 20.1. The molecule has 2 aliphatic heterocycles. The van der Waals surface area contributed by atoms with Crippen LogP contribution < -0.4 is 54.0 Å². The van der Waals surface area contributed by atoms with E-state index in [2.05, 4.69) is 42.5 Å². The number of aliphatic hydroxyl groups excluding tert-OH is 3. The molecule has 2 rings (SSSR count). The molecule has 436 valence electrons. The predicted octanol–water partition coefficient (Wildman–Crippen LogP) is -4.93. The summed E-state index contributed by atoms with van der Waals surface area (Å²) in [5.41, 5.74) is 10.9. The van der Waals surface area contributed by atoms with Crippen LogP contribution in [-0.2, 0) is 57.5 Å². The number of carbonyl (C=O) groups excluding carboxylic acids is 11. The lowest BCUT2D eigenvalue weighted by molar-refractivity contribution is -0.149. The van der Waals surface area contributed by atoms with Crippen LogP contribution in [0.15, 0.2) is 0 Å². The highest BCUT2D eigenvalue weighted by Gasteiger charge is 2.43. The van der Waals surface area contributed by atoms with Crippen LogP contribution in [0.3, 0.4) is 0 Å². The standard InChI is InChI=1S/C49H84N12O16/c1-11-24(6)36(55-34(66)21-52-40(67)29(50)16-17-33(51)65)43(70)54-30(20-22(2)3)41(68)57-38(27(9)63)46(73)59-39(28(10)64)45(72)56-35(23(4)5)48(75)60-18-12-14-31(60)42(69)58-37(26(8)62)44(71)53-25(7)47(74)61-19-13-15-32(61)49(76)77/h22-32,35-39,62-64H,11-21,50H2,1-10H3,(H2,51,65)(H,52,67)(H,53,71)(H,54,70)(H,55,66)(H,56,72)(H,57,68)(H,58,69)(H,59,73)(H,76,77)/t24-,25-,26+,27+,28+,29-,30-,31-,32-,35-,36-,37-,38-,39-/m0/s1. The number of nitrogens with one attached hydrogen (secondary N) is 8. The molecule has 14 atom stereocenters. The third-order valence-electron chi connectivity index (χ3n) is 13.4. The van der Waals surface area contributed by atoms with E-state index in [1.165, 1.54) is 18.7 Å². The lowest BCUT2D eigenvalue weighted by atomic mass is 9.96. The highest BCUT2D eigenvalue weighted by molar-refractivity contribution is 5.99. The lowest BCUT2D eigenvalue weighted by Gasteiger charge is -2.33. The first-order chi connectivity index (χ1) is 35.8. The van der Waals surface area contributed by atoms with Gasteiger partial charge in [-0.2, -0.15) is 0 Å². The summed E-state index contributed by atoms with van der Waals surface area (Å²) in [6.07, 6.45) is -3.49. The Hall–Kier alpha value is -6.52. The average Bonchev–Trinajstić information content (AvgIpc) is 4.06. The number of nitrogens with two attached hydrogens (primary N) is 2. The molecule has 28 heteroatoms. The summed E-state index contributed by atoms with van der Waals surface area (Å²) in [7, 11) is 0. The van der Waals surface area contributed by atoms with Gasteiger partial charge < -0.3 is 84.2 Å². The number of likely N-dealkylation sites (tertiary alicyclic amines) is 2. The van der Waals surface area contributed by atoms with E-state index in [4.69, 9.17) is 11.5 Å². The topological polar surface area (TPSA) is 441 Å². The van der Waals surface area contributed by atoms with E-state index in [9.17, 15) is 78.0 Å². The van der Waals surface area contributed by atoms with Crippen molar-refractivity contribution < 1.29 is 78.0 Å². The minimum atomic E-state index is -1.80. The quantitative estimate of drug-likeness (QED) is 0.0320. The van der Waals surface area contributed by atoms with Gasteiger partial charge >= 0.3 is 5.97 Å². The summed E-state index contributed by atoms with van der Waals surface area (Å²) in [5.74, 6) is -11.9. The Balaban J connectivity index is 2.22. The predicted molar refractivity (Wildman–Crippen MR) is 274 cm³/mol. The Kier molecular flexibility index (Phi) is 26.8. The Morgan fingerprint density at radius 2 is 1.04 bits per heavy atom. The number of rotatable bonds is 30. The molecule has 0 aromatic rings. The first kappa shape index (κ1) is 66.6. The van der Waals surface area contributed by atoms with E-state index in [0.29, 0.717) is 19.3 Å². The Labute approximate surface area is 448 Å². The van der Waals surface area contributed by atoms with Gasteiger partial charge in [0.25, 0.3) is 0 Å². The molecule has 0 aromatic carbocycles. The van der Waals surface area contributed by atoms with Crippen LogP contribution in [0.5, 0.6) is 0 Å². The number of aliphatic carboxylic acids is 1. The molecule has 16 N–H and O–H groups in total. The monoisotopic (exact) mass is 1100 g/mol. The minimum absolute atomic E-state index is 0.00374. The van der Waals surface area contributed by atoms with Gasteiger partial charge in [-0.1, -0.05) is 48.0 Å². The number of hydrogen-bond acceptors (Lipinski definition) is 16. The molecule has 77 heavy (non-hydrogen) atoms. The molecule has 0 aromatic heterocycles. The van der Waals surface area contributed by atoms with Gasteiger partial charge in [-0.25, -0.2) is 4.79 Å². The second-order valence-electron chi connectivity index (χ2n) is 20.8. The zero-order chi connectivity index (χ0) is 58.8. The molecule has 28 nitrogen and oxygen atoms in total. The second-order valence-corrected chi connectivity index (χ2v) is 20.8. The van der Waals surface area contributed by atoms with Crippen molar-refractivity contribution in [3.8, 4) is 0 Å². The Morgan fingerprint density at radius 1 is 0.571 bits per heavy atom. The van der Waals surface area contributed by atoms with Crippen molar-refractivity contribution in [2.45, 2.75) is 199 Å². The Bertz CT molecular complexity index is 2120. The number of amides is 11. The molecule has 0 radical (unpaired) electrons. The van der Waals surface area contributed by atoms with Crippen LogP contribution in [0.2, 0.25) is 0 Å². The van der Waals surface area contributed by atoms with Gasteiger partial charge in [0.2, 0.25) is 65.0 Å². The van der Waals surface area contributed by atoms with Gasteiger partial charge in [-0.05, 0) is 84.0 Å². The van der Waals surface area contributed by atoms with E-state index in [1.807, 2.05) is 0 Å². The number of carboxylic acid groups (broad SMARTS) is 1. The van der Waals surface area contributed by atoms with E-state index in [-0.39, 0.29) is 51.1 Å². The molecule has 0 aliphatic carbocycles. The third-order valence-corrected chi connectivity index (χ3v) is 13.4. The third kappa shape index (κ3) is 20.1. The summed E-state index contributed by atoms with van der Waals surface area (Å²) in [6.45, 7) is 14.6. The molecule has 0 saturated carbocycles. The van der Waals surface area contributed by atoms with Crippen LogP contribution in [0.1, 0.15) is 121 Å². The molecule has 2 saturated heterocycles. The first-order valence-corrected chi connectivity index (χ1v) is 26.2. The van der Waals surface area contributed by atoms with Crippen molar-refractivity contribution in [2.75, 3.05) is 19.6 Å². The summed E-state index contributed by atoms with van der Waals surface area (Å²) in [4.78, 5) is 160. The lowest BCUT2D eigenvalue weighted by Crippen LogP contribution is -2.64. The molecule has 11 amide bonds. The molecule has 0 spiro atoms. The second kappa shape index (κ2) is 31.0. The van der Waals surface area contributed by atoms with Gasteiger partial charge in [-0.3, -0.25) is 52.7 Å². The van der Waals surface area contributed by atoms with E-state index in [0.717, 1.165) is 18.7 Å². The molecule has 2 heterocycles. The molecule has 0 unspecified atom stereocenters. The number of nitrogens with zero attached hydrogens (tertiary/aromatic N) is 2. The van der Waals surface area contributed by atoms with Crippen molar-refractivity contribution in [3.05, 3.63) is 0 Å². The first-order valence-electron chi connectivity index (χ1n) is 26.2. The van der Waals surface area contributed by atoms with Crippen LogP contribution in [-0.4, -0.2) is 200 Å².